The van der Waals surface area contributed by atoms with Crippen molar-refractivity contribution in [1.82, 2.24) is 4.90 Å². The third-order valence-electron chi connectivity index (χ3n) is 3.81. The van der Waals surface area contributed by atoms with Crippen LogP contribution in [0.3, 0.4) is 0 Å². The van der Waals surface area contributed by atoms with Crippen LogP contribution in [0.1, 0.15) is 33.1 Å². The summed E-state index contributed by atoms with van der Waals surface area (Å²) >= 11 is 0. The fourth-order valence-electron chi connectivity index (χ4n) is 2.68. The maximum atomic E-state index is 11.9. The van der Waals surface area contributed by atoms with Gasteiger partial charge in [-0.2, -0.15) is 0 Å². The van der Waals surface area contributed by atoms with Crippen molar-refractivity contribution < 1.29 is 4.79 Å². The van der Waals surface area contributed by atoms with Crippen molar-refractivity contribution in [1.29, 1.82) is 0 Å². The molecular formula is C11H19NO. The number of carbonyl (C=O) groups excluding carboxylic acids is 1. The van der Waals surface area contributed by atoms with Crippen LogP contribution in [0.25, 0.3) is 0 Å². The minimum Gasteiger partial charge on any atom is -0.343 e. The predicted octanol–water partition coefficient (Wildman–Crippen LogP) is 1.90. The molecule has 2 heteroatoms. The highest BCUT2D eigenvalue weighted by atomic mass is 16.2. The molecule has 1 amide bonds. The van der Waals surface area contributed by atoms with Crippen LogP contribution in [0, 0.1) is 17.8 Å². The minimum absolute atomic E-state index is 0.355. The standard InChI is InChI=1S/C11H19NO/c1-7(2)12(3)11(13)10-8-5-4-6-9(8)10/h7-10H,4-6H2,1-3H3. The van der Waals surface area contributed by atoms with Crippen LogP contribution < -0.4 is 0 Å². The summed E-state index contributed by atoms with van der Waals surface area (Å²) in [5, 5.41) is 0. The molecule has 2 aliphatic rings. The summed E-state index contributed by atoms with van der Waals surface area (Å²) in [5.41, 5.74) is 0. The highest BCUT2D eigenvalue weighted by Crippen LogP contribution is 2.58. The SMILES string of the molecule is CC(C)N(C)C(=O)C1C2CCCC21. The molecule has 0 spiro atoms. The molecule has 2 saturated carbocycles. The van der Waals surface area contributed by atoms with E-state index in [0.29, 0.717) is 17.9 Å². The lowest BCUT2D eigenvalue weighted by molar-refractivity contribution is -0.133. The monoisotopic (exact) mass is 181 g/mol. The number of hydrogen-bond acceptors (Lipinski definition) is 1. The van der Waals surface area contributed by atoms with Gasteiger partial charge < -0.3 is 4.90 Å². The molecule has 2 rings (SSSR count). The summed E-state index contributed by atoms with van der Waals surface area (Å²) in [6, 6.07) is 0.355. The van der Waals surface area contributed by atoms with Gasteiger partial charge in [-0.25, -0.2) is 0 Å². The largest absolute Gasteiger partial charge is 0.343 e. The number of nitrogens with zero attached hydrogens (tertiary/aromatic N) is 1. The molecule has 2 fully saturated rings. The number of fused-ring (bicyclic) bond motifs is 1. The smallest absolute Gasteiger partial charge is 0.226 e. The Labute approximate surface area is 80.3 Å². The van der Waals surface area contributed by atoms with E-state index in [4.69, 9.17) is 0 Å². The van der Waals surface area contributed by atoms with E-state index in [9.17, 15) is 4.79 Å². The fraction of sp³-hybridized carbons (Fsp3) is 0.909. The Hall–Kier alpha value is -0.530. The van der Waals surface area contributed by atoms with E-state index in [-0.39, 0.29) is 0 Å². The Morgan fingerprint density at radius 2 is 1.85 bits per heavy atom. The summed E-state index contributed by atoms with van der Waals surface area (Å²) in [4.78, 5) is 13.8. The molecule has 74 valence electrons. The molecule has 0 aliphatic heterocycles. The van der Waals surface area contributed by atoms with Crippen LogP contribution in [-0.4, -0.2) is 23.9 Å². The quantitative estimate of drug-likeness (QED) is 0.637. The molecule has 2 aliphatic carbocycles. The molecule has 0 N–H and O–H groups in total. The van der Waals surface area contributed by atoms with Gasteiger partial charge >= 0.3 is 0 Å². The lowest BCUT2D eigenvalue weighted by Gasteiger charge is -2.22. The molecule has 0 aromatic carbocycles. The second kappa shape index (κ2) is 3.00. The Morgan fingerprint density at radius 3 is 2.31 bits per heavy atom. The zero-order valence-corrected chi connectivity index (χ0v) is 8.79. The number of rotatable bonds is 2. The van der Waals surface area contributed by atoms with Crippen molar-refractivity contribution in [3.8, 4) is 0 Å². The number of hydrogen-bond donors (Lipinski definition) is 0. The molecule has 13 heavy (non-hydrogen) atoms. The molecule has 2 atom stereocenters. The summed E-state index contributed by atoms with van der Waals surface area (Å²) in [7, 11) is 1.93. The van der Waals surface area contributed by atoms with Gasteiger partial charge in [0.1, 0.15) is 0 Å². The number of carbonyl (C=O) groups is 1. The lowest BCUT2D eigenvalue weighted by Crippen LogP contribution is -2.35. The first kappa shape index (κ1) is 9.04. The third kappa shape index (κ3) is 1.36. The van der Waals surface area contributed by atoms with E-state index < -0.39 is 0 Å². The maximum Gasteiger partial charge on any atom is 0.226 e. The third-order valence-corrected chi connectivity index (χ3v) is 3.81. The summed E-state index contributed by atoms with van der Waals surface area (Å²) < 4.78 is 0. The van der Waals surface area contributed by atoms with Crippen molar-refractivity contribution in [2.75, 3.05) is 7.05 Å². The van der Waals surface area contributed by atoms with E-state index in [2.05, 4.69) is 13.8 Å². The normalized spacial score (nSPS) is 36.2. The van der Waals surface area contributed by atoms with E-state index in [1.165, 1.54) is 19.3 Å². The van der Waals surface area contributed by atoms with Crippen LogP contribution in [0.5, 0.6) is 0 Å². The summed E-state index contributed by atoms with van der Waals surface area (Å²) in [5.74, 6) is 2.31. The average Bonchev–Trinajstić information content (AvgIpc) is 2.56. The molecule has 0 radical (unpaired) electrons. The molecule has 0 saturated heterocycles. The Morgan fingerprint density at radius 1 is 1.31 bits per heavy atom. The van der Waals surface area contributed by atoms with Crippen molar-refractivity contribution in [3.63, 3.8) is 0 Å². The van der Waals surface area contributed by atoms with Crippen LogP contribution >= 0.6 is 0 Å². The first-order valence-corrected chi connectivity index (χ1v) is 5.39. The zero-order chi connectivity index (χ0) is 9.59. The van der Waals surface area contributed by atoms with Gasteiger partial charge in [-0.15, -0.1) is 0 Å². The zero-order valence-electron chi connectivity index (χ0n) is 8.79. The highest BCUT2D eigenvalue weighted by molar-refractivity contribution is 5.82. The van der Waals surface area contributed by atoms with E-state index in [1.807, 2.05) is 11.9 Å². The molecule has 0 bridgehead atoms. The van der Waals surface area contributed by atoms with Crippen molar-refractivity contribution in [2.45, 2.75) is 39.2 Å². The minimum atomic E-state index is 0.355. The van der Waals surface area contributed by atoms with E-state index >= 15 is 0 Å². The molecule has 2 unspecified atom stereocenters. The second-order valence-corrected chi connectivity index (χ2v) is 4.83. The van der Waals surface area contributed by atoms with Gasteiger partial charge in [-0.3, -0.25) is 4.79 Å². The second-order valence-electron chi connectivity index (χ2n) is 4.83. The van der Waals surface area contributed by atoms with Gasteiger partial charge in [-0.1, -0.05) is 6.42 Å². The van der Waals surface area contributed by atoms with Crippen LogP contribution in [0.2, 0.25) is 0 Å². The summed E-state index contributed by atoms with van der Waals surface area (Å²) in [6.07, 6.45) is 3.95. The van der Waals surface area contributed by atoms with Crippen LogP contribution in [0.4, 0.5) is 0 Å². The fourth-order valence-corrected chi connectivity index (χ4v) is 2.68. The molecule has 0 aromatic rings. The topological polar surface area (TPSA) is 20.3 Å². The highest BCUT2D eigenvalue weighted by Gasteiger charge is 2.57. The molecule has 0 aromatic heterocycles. The van der Waals surface area contributed by atoms with Gasteiger partial charge in [-0.05, 0) is 38.5 Å². The van der Waals surface area contributed by atoms with Gasteiger partial charge in [0, 0.05) is 19.0 Å². The maximum absolute atomic E-state index is 11.9. The van der Waals surface area contributed by atoms with Crippen LogP contribution in [-0.2, 0) is 4.79 Å². The Kier molecular flexibility index (Phi) is 2.09. The van der Waals surface area contributed by atoms with Crippen molar-refractivity contribution in [2.24, 2.45) is 17.8 Å². The lowest BCUT2D eigenvalue weighted by atomic mass is 10.1. The van der Waals surface area contributed by atoms with E-state index in [1.54, 1.807) is 0 Å². The Balaban J connectivity index is 1.93. The number of amides is 1. The molecular weight excluding hydrogens is 162 g/mol. The molecule has 0 heterocycles. The van der Waals surface area contributed by atoms with Gasteiger partial charge in [0.25, 0.3) is 0 Å². The van der Waals surface area contributed by atoms with Gasteiger partial charge in [0.15, 0.2) is 0 Å². The van der Waals surface area contributed by atoms with Crippen molar-refractivity contribution in [3.05, 3.63) is 0 Å². The van der Waals surface area contributed by atoms with Crippen molar-refractivity contribution >= 4 is 5.91 Å². The molecule has 2 nitrogen and oxygen atoms in total. The average molecular weight is 181 g/mol. The summed E-state index contributed by atoms with van der Waals surface area (Å²) in [6.45, 7) is 4.16. The first-order valence-electron chi connectivity index (χ1n) is 5.39. The Bertz CT molecular complexity index is 214. The predicted molar refractivity (Wildman–Crippen MR) is 52.2 cm³/mol. The van der Waals surface area contributed by atoms with Gasteiger partial charge in [0.2, 0.25) is 5.91 Å². The first-order chi connectivity index (χ1) is 6.13. The van der Waals surface area contributed by atoms with E-state index in [0.717, 1.165) is 11.8 Å². The van der Waals surface area contributed by atoms with Crippen LogP contribution in [0.15, 0.2) is 0 Å². The van der Waals surface area contributed by atoms with Gasteiger partial charge in [0.05, 0.1) is 0 Å².